The van der Waals surface area contributed by atoms with Crippen LogP contribution < -0.4 is 4.74 Å². The lowest BCUT2D eigenvalue weighted by atomic mass is 9.91. The highest BCUT2D eigenvalue weighted by Crippen LogP contribution is 2.35. The summed E-state index contributed by atoms with van der Waals surface area (Å²) < 4.78 is 55.8. The molecule has 192 valence electrons. The summed E-state index contributed by atoms with van der Waals surface area (Å²) in [5, 5.41) is 0. The normalized spacial score (nSPS) is 17.8. The lowest BCUT2D eigenvalue weighted by Gasteiger charge is -2.29. The highest BCUT2D eigenvalue weighted by atomic mass is 19.2. The summed E-state index contributed by atoms with van der Waals surface area (Å²) in [6.45, 7) is 5.34. The average Bonchev–Trinajstić information content (AvgIpc) is 2.90. The van der Waals surface area contributed by atoms with Crippen molar-refractivity contribution in [3.8, 4) is 28.0 Å². The van der Waals surface area contributed by atoms with E-state index in [0.717, 1.165) is 50.7 Å². The monoisotopic (exact) mass is 496 g/mol. The fraction of sp³-hybridized carbons (Fsp3) is 0.419. The molecule has 0 radical (unpaired) electrons. The van der Waals surface area contributed by atoms with Crippen LogP contribution in [-0.4, -0.2) is 13.2 Å². The predicted molar refractivity (Wildman–Crippen MR) is 139 cm³/mol. The Hall–Kier alpha value is -2.79. The van der Waals surface area contributed by atoms with Gasteiger partial charge >= 0.3 is 0 Å². The van der Waals surface area contributed by atoms with E-state index in [1.807, 2.05) is 6.07 Å². The molecular weight excluding hydrogens is 461 g/mol. The van der Waals surface area contributed by atoms with E-state index in [1.165, 1.54) is 18.6 Å². The molecule has 0 aromatic heterocycles. The molecule has 3 aromatic carbocycles. The van der Waals surface area contributed by atoms with Crippen molar-refractivity contribution in [2.75, 3.05) is 13.2 Å². The molecule has 1 fully saturated rings. The Morgan fingerprint density at radius 1 is 0.806 bits per heavy atom. The molecule has 0 amide bonds. The second-order valence-electron chi connectivity index (χ2n) is 9.67. The first-order chi connectivity index (χ1) is 17.5. The fourth-order valence-electron chi connectivity index (χ4n) is 4.90. The highest BCUT2D eigenvalue weighted by Gasteiger charge is 2.23. The number of halogens is 3. The van der Waals surface area contributed by atoms with Gasteiger partial charge in [-0.05, 0) is 66.5 Å². The highest BCUT2D eigenvalue weighted by molar-refractivity contribution is 5.71. The van der Waals surface area contributed by atoms with Gasteiger partial charge in [-0.2, -0.15) is 4.39 Å². The molecule has 2 atom stereocenters. The van der Waals surface area contributed by atoms with Gasteiger partial charge in [0.25, 0.3) is 0 Å². The summed E-state index contributed by atoms with van der Waals surface area (Å²) in [6.07, 6.45) is 7.06. The molecule has 5 heteroatoms. The van der Waals surface area contributed by atoms with Crippen LogP contribution in [0.1, 0.15) is 70.5 Å². The molecule has 0 spiro atoms. The summed E-state index contributed by atoms with van der Waals surface area (Å²) in [7, 11) is 0. The van der Waals surface area contributed by atoms with Gasteiger partial charge in [0, 0.05) is 11.1 Å². The van der Waals surface area contributed by atoms with Crippen molar-refractivity contribution in [2.24, 2.45) is 5.92 Å². The van der Waals surface area contributed by atoms with Crippen LogP contribution in [0.4, 0.5) is 13.2 Å². The molecule has 1 aliphatic rings. The smallest absolute Gasteiger partial charge is 0.201 e. The maximum atomic E-state index is 15.0. The molecule has 0 bridgehead atoms. The summed E-state index contributed by atoms with van der Waals surface area (Å²) in [5.74, 6) is -1.72. The molecule has 2 unspecified atom stereocenters. The third-order valence-electron chi connectivity index (χ3n) is 6.99. The van der Waals surface area contributed by atoms with E-state index in [2.05, 4.69) is 13.8 Å². The van der Waals surface area contributed by atoms with Gasteiger partial charge in [-0.15, -0.1) is 0 Å². The first kappa shape index (κ1) is 26.3. The Kier molecular flexibility index (Phi) is 9.08. The van der Waals surface area contributed by atoms with E-state index >= 15 is 4.39 Å². The zero-order chi connectivity index (χ0) is 25.5. The van der Waals surface area contributed by atoms with Gasteiger partial charge in [-0.3, -0.25) is 0 Å². The minimum absolute atomic E-state index is 0.0690. The molecular formula is C31H35F3O2. The van der Waals surface area contributed by atoms with E-state index in [-0.39, 0.29) is 23.2 Å². The molecule has 0 N–H and O–H groups in total. The molecule has 0 saturated carbocycles. The number of benzene rings is 3. The Balaban J connectivity index is 1.45. The van der Waals surface area contributed by atoms with E-state index in [0.29, 0.717) is 29.2 Å². The molecule has 1 saturated heterocycles. The van der Waals surface area contributed by atoms with Crippen LogP contribution in [0.25, 0.3) is 22.3 Å². The van der Waals surface area contributed by atoms with Crippen LogP contribution in [0.2, 0.25) is 0 Å². The topological polar surface area (TPSA) is 18.5 Å². The SMILES string of the molecule is CCCCCOc1ccc(-c2ccc(-c3ccc(C4CCC(CCC)CO4)cc3F)cc2)c(F)c1F. The van der Waals surface area contributed by atoms with Crippen molar-refractivity contribution < 1.29 is 22.6 Å². The molecule has 3 aromatic rings. The van der Waals surface area contributed by atoms with Gasteiger partial charge in [0.1, 0.15) is 5.82 Å². The number of hydrogen-bond donors (Lipinski definition) is 0. The van der Waals surface area contributed by atoms with Crippen LogP contribution in [0.15, 0.2) is 54.6 Å². The number of unbranched alkanes of at least 4 members (excludes halogenated alkanes) is 2. The summed E-state index contributed by atoms with van der Waals surface area (Å²) >= 11 is 0. The molecule has 4 rings (SSSR count). The summed E-state index contributed by atoms with van der Waals surface area (Å²) in [4.78, 5) is 0. The van der Waals surface area contributed by atoms with Crippen molar-refractivity contribution in [3.63, 3.8) is 0 Å². The van der Waals surface area contributed by atoms with E-state index in [9.17, 15) is 8.78 Å². The molecule has 36 heavy (non-hydrogen) atoms. The van der Waals surface area contributed by atoms with Gasteiger partial charge < -0.3 is 9.47 Å². The van der Waals surface area contributed by atoms with E-state index in [4.69, 9.17) is 9.47 Å². The fourth-order valence-corrected chi connectivity index (χ4v) is 4.90. The van der Waals surface area contributed by atoms with Crippen LogP contribution in [0.3, 0.4) is 0 Å². The zero-order valence-electron chi connectivity index (χ0n) is 21.2. The van der Waals surface area contributed by atoms with E-state index < -0.39 is 11.6 Å². The molecule has 2 nitrogen and oxygen atoms in total. The first-order valence-electron chi connectivity index (χ1n) is 13.1. The Morgan fingerprint density at radius 3 is 2.17 bits per heavy atom. The second kappa shape index (κ2) is 12.4. The third kappa shape index (κ3) is 6.12. The van der Waals surface area contributed by atoms with E-state index in [1.54, 1.807) is 36.4 Å². The summed E-state index contributed by atoms with van der Waals surface area (Å²) in [5.41, 5.74) is 2.66. The maximum Gasteiger partial charge on any atom is 0.201 e. The van der Waals surface area contributed by atoms with Crippen LogP contribution >= 0.6 is 0 Å². The second-order valence-corrected chi connectivity index (χ2v) is 9.67. The van der Waals surface area contributed by atoms with Crippen LogP contribution in [0, 0.1) is 23.4 Å². The predicted octanol–water partition coefficient (Wildman–Crippen LogP) is 9.27. The summed E-state index contributed by atoms with van der Waals surface area (Å²) in [6, 6.07) is 15.1. The molecule has 1 heterocycles. The van der Waals surface area contributed by atoms with Crippen molar-refractivity contribution in [1.29, 1.82) is 0 Å². The van der Waals surface area contributed by atoms with Crippen molar-refractivity contribution in [2.45, 2.75) is 64.9 Å². The standard InChI is InChI=1S/C31H35F3O2/c1-3-5-6-18-35-29-17-15-26(30(33)31(29)34)23-11-9-22(10-12-23)25-14-13-24(19-27(25)32)28-16-8-21(7-4-2)20-36-28/h9-15,17,19,21,28H,3-8,16,18,20H2,1-2H3. The number of ether oxygens (including phenoxy) is 2. The van der Waals surface area contributed by atoms with Gasteiger partial charge in [0.05, 0.1) is 19.3 Å². The Labute approximate surface area is 212 Å². The quantitative estimate of drug-likeness (QED) is 0.260. The average molecular weight is 497 g/mol. The van der Waals surface area contributed by atoms with Crippen LogP contribution in [-0.2, 0) is 4.74 Å². The van der Waals surface area contributed by atoms with Gasteiger partial charge in [-0.25, -0.2) is 8.78 Å². The largest absolute Gasteiger partial charge is 0.490 e. The van der Waals surface area contributed by atoms with Gasteiger partial charge in [0.2, 0.25) is 5.82 Å². The molecule has 0 aliphatic carbocycles. The van der Waals surface area contributed by atoms with Gasteiger partial charge in [-0.1, -0.05) is 69.5 Å². The maximum absolute atomic E-state index is 15.0. The number of rotatable bonds is 10. The van der Waals surface area contributed by atoms with Crippen molar-refractivity contribution in [3.05, 3.63) is 77.6 Å². The zero-order valence-corrected chi connectivity index (χ0v) is 21.2. The molecule has 1 aliphatic heterocycles. The minimum atomic E-state index is -0.986. The lowest BCUT2D eigenvalue weighted by Crippen LogP contribution is -2.20. The van der Waals surface area contributed by atoms with Crippen molar-refractivity contribution >= 4 is 0 Å². The Morgan fingerprint density at radius 2 is 1.53 bits per heavy atom. The minimum Gasteiger partial charge on any atom is -0.490 e. The van der Waals surface area contributed by atoms with Crippen molar-refractivity contribution in [1.82, 2.24) is 0 Å². The first-order valence-corrected chi connectivity index (χ1v) is 13.1. The number of hydrogen-bond acceptors (Lipinski definition) is 2. The van der Waals surface area contributed by atoms with Crippen LogP contribution in [0.5, 0.6) is 5.75 Å². The Bertz CT molecular complexity index is 1140. The lowest BCUT2D eigenvalue weighted by molar-refractivity contribution is -0.0195. The van der Waals surface area contributed by atoms with Gasteiger partial charge in [0.15, 0.2) is 11.6 Å². The third-order valence-corrected chi connectivity index (χ3v) is 6.99.